The first-order chi connectivity index (χ1) is 14.0. The minimum absolute atomic E-state index is 0.0177. The number of likely N-dealkylation sites (N-methyl/N-ethyl adjacent to an activating group) is 1. The zero-order valence-corrected chi connectivity index (χ0v) is 16.7. The first-order valence-corrected chi connectivity index (χ1v) is 9.47. The lowest BCUT2D eigenvalue weighted by atomic mass is 10.0. The standard InChI is InChI=1S/C23H23N3O3/c1-25(2)19(17-14-26(3)18-10-6-4-8-15(17)18)13-24-23(28)22-12-20(27)16-9-5-7-11-21(16)29-22/h4-12,14,19H,13H2,1-3H3,(H,24,28)/t19-/m1/s1. The Morgan fingerprint density at radius 3 is 2.55 bits per heavy atom. The molecule has 0 saturated carbocycles. The zero-order valence-electron chi connectivity index (χ0n) is 16.7. The van der Waals surface area contributed by atoms with E-state index in [2.05, 4.69) is 33.1 Å². The fourth-order valence-corrected chi connectivity index (χ4v) is 3.70. The van der Waals surface area contributed by atoms with E-state index in [4.69, 9.17) is 4.42 Å². The number of aromatic nitrogens is 1. The molecule has 148 valence electrons. The summed E-state index contributed by atoms with van der Waals surface area (Å²) in [7, 11) is 5.98. The number of hydrogen-bond acceptors (Lipinski definition) is 4. The second-order valence-electron chi connectivity index (χ2n) is 7.37. The molecule has 0 bridgehead atoms. The summed E-state index contributed by atoms with van der Waals surface area (Å²) < 4.78 is 7.74. The van der Waals surface area contributed by atoms with E-state index >= 15 is 0 Å². The van der Waals surface area contributed by atoms with Crippen LogP contribution in [-0.2, 0) is 7.05 Å². The van der Waals surface area contributed by atoms with Crippen LogP contribution in [0, 0.1) is 0 Å². The molecule has 4 rings (SSSR count). The van der Waals surface area contributed by atoms with Gasteiger partial charge in [-0.25, -0.2) is 0 Å². The smallest absolute Gasteiger partial charge is 0.287 e. The summed E-state index contributed by atoms with van der Waals surface area (Å²) in [4.78, 5) is 27.0. The van der Waals surface area contributed by atoms with Gasteiger partial charge in [-0.1, -0.05) is 30.3 Å². The van der Waals surface area contributed by atoms with Crippen molar-refractivity contribution >= 4 is 27.8 Å². The van der Waals surface area contributed by atoms with Crippen LogP contribution in [0.15, 0.2) is 70.0 Å². The monoisotopic (exact) mass is 389 g/mol. The third-order valence-corrected chi connectivity index (χ3v) is 5.22. The van der Waals surface area contributed by atoms with Crippen LogP contribution in [0.3, 0.4) is 0 Å². The summed E-state index contributed by atoms with van der Waals surface area (Å²) in [5, 5.41) is 4.54. The third-order valence-electron chi connectivity index (χ3n) is 5.22. The van der Waals surface area contributed by atoms with Crippen molar-refractivity contribution in [3.05, 3.63) is 82.3 Å². The van der Waals surface area contributed by atoms with E-state index in [0.29, 0.717) is 17.5 Å². The third kappa shape index (κ3) is 3.54. The molecule has 2 heterocycles. The van der Waals surface area contributed by atoms with E-state index in [9.17, 15) is 9.59 Å². The number of fused-ring (bicyclic) bond motifs is 2. The summed E-state index contributed by atoms with van der Waals surface area (Å²) >= 11 is 0. The van der Waals surface area contributed by atoms with Gasteiger partial charge in [0, 0.05) is 36.8 Å². The van der Waals surface area contributed by atoms with Crippen LogP contribution in [0.2, 0.25) is 0 Å². The number of amides is 1. The van der Waals surface area contributed by atoms with E-state index in [0.717, 1.165) is 16.5 Å². The van der Waals surface area contributed by atoms with Gasteiger partial charge in [-0.3, -0.25) is 9.59 Å². The van der Waals surface area contributed by atoms with Gasteiger partial charge in [0.2, 0.25) is 0 Å². The molecule has 2 aromatic heterocycles. The second-order valence-corrected chi connectivity index (χ2v) is 7.37. The lowest BCUT2D eigenvalue weighted by Crippen LogP contribution is -2.34. The summed E-state index contributed by atoms with van der Waals surface area (Å²) in [5.41, 5.74) is 2.45. The molecule has 0 unspecified atom stereocenters. The number of benzene rings is 2. The van der Waals surface area contributed by atoms with Crippen LogP contribution in [0.4, 0.5) is 0 Å². The van der Waals surface area contributed by atoms with Gasteiger partial charge in [0.15, 0.2) is 11.2 Å². The van der Waals surface area contributed by atoms with E-state index in [1.165, 1.54) is 6.07 Å². The fraction of sp³-hybridized carbons (Fsp3) is 0.217. The van der Waals surface area contributed by atoms with E-state index in [1.54, 1.807) is 24.3 Å². The zero-order chi connectivity index (χ0) is 20.5. The summed E-state index contributed by atoms with van der Waals surface area (Å²) in [6.45, 7) is 0.385. The van der Waals surface area contributed by atoms with Crippen LogP contribution in [-0.4, -0.2) is 36.0 Å². The molecule has 0 fully saturated rings. The molecule has 0 aliphatic heterocycles. The molecule has 1 N–H and O–H groups in total. The molecule has 4 aromatic rings. The summed E-state index contributed by atoms with van der Waals surface area (Å²) in [6.07, 6.45) is 2.09. The first kappa shape index (κ1) is 19.0. The molecule has 0 spiro atoms. The van der Waals surface area contributed by atoms with Crippen LogP contribution in [0.25, 0.3) is 21.9 Å². The molecule has 29 heavy (non-hydrogen) atoms. The number of carbonyl (C=O) groups excluding carboxylic acids is 1. The minimum Gasteiger partial charge on any atom is -0.451 e. The van der Waals surface area contributed by atoms with Crippen molar-refractivity contribution in [1.82, 2.24) is 14.8 Å². The van der Waals surface area contributed by atoms with Gasteiger partial charge in [0.1, 0.15) is 5.58 Å². The first-order valence-electron chi connectivity index (χ1n) is 9.47. The lowest BCUT2D eigenvalue weighted by Gasteiger charge is -2.24. The van der Waals surface area contributed by atoms with Gasteiger partial charge in [-0.2, -0.15) is 0 Å². The molecule has 1 amide bonds. The number of para-hydroxylation sites is 2. The van der Waals surface area contributed by atoms with Gasteiger partial charge >= 0.3 is 0 Å². The number of aryl methyl sites for hydroxylation is 1. The molecule has 6 nitrogen and oxygen atoms in total. The van der Waals surface area contributed by atoms with Gasteiger partial charge in [0.05, 0.1) is 11.4 Å². The average molecular weight is 389 g/mol. The van der Waals surface area contributed by atoms with Crippen molar-refractivity contribution in [1.29, 1.82) is 0 Å². The number of nitrogens with zero attached hydrogens (tertiary/aromatic N) is 2. The Morgan fingerprint density at radius 1 is 1.10 bits per heavy atom. The molecule has 0 radical (unpaired) electrons. The SMILES string of the molecule is CN(C)[C@H](CNC(=O)c1cc(=O)c2ccccc2o1)c1cn(C)c2ccccc12. The quantitative estimate of drug-likeness (QED) is 0.569. The van der Waals surface area contributed by atoms with E-state index in [1.807, 2.05) is 33.3 Å². The summed E-state index contributed by atoms with van der Waals surface area (Å²) in [5.74, 6) is -0.385. The maximum Gasteiger partial charge on any atom is 0.287 e. The Morgan fingerprint density at radius 2 is 1.79 bits per heavy atom. The van der Waals surface area contributed by atoms with Crippen molar-refractivity contribution in [2.45, 2.75) is 6.04 Å². The number of hydrogen-bond donors (Lipinski definition) is 1. The topological polar surface area (TPSA) is 67.5 Å². The average Bonchev–Trinajstić information content (AvgIpc) is 3.04. The largest absolute Gasteiger partial charge is 0.451 e. The van der Waals surface area contributed by atoms with Crippen LogP contribution < -0.4 is 10.7 Å². The van der Waals surface area contributed by atoms with Crippen molar-refractivity contribution in [3.8, 4) is 0 Å². The Balaban J connectivity index is 1.60. The molecule has 0 aliphatic rings. The van der Waals surface area contributed by atoms with E-state index in [-0.39, 0.29) is 17.2 Å². The van der Waals surface area contributed by atoms with E-state index < -0.39 is 5.91 Å². The highest BCUT2D eigenvalue weighted by atomic mass is 16.3. The lowest BCUT2D eigenvalue weighted by molar-refractivity contribution is 0.0915. The Kier molecular flexibility index (Phi) is 4.94. The highest BCUT2D eigenvalue weighted by Gasteiger charge is 2.21. The Bertz CT molecular complexity index is 1250. The molecule has 1 atom stereocenters. The fourth-order valence-electron chi connectivity index (χ4n) is 3.70. The predicted octanol–water partition coefficient (Wildman–Crippen LogP) is 3.32. The number of nitrogens with one attached hydrogen (secondary N) is 1. The number of carbonyl (C=O) groups is 1. The van der Waals surface area contributed by atoms with Gasteiger partial charge < -0.3 is 19.2 Å². The molecule has 6 heteroatoms. The van der Waals surface area contributed by atoms with Crippen LogP contribution in [0.5, 0.6) is 0 Å². The maximum absolute atomic E-state index is 12.7. The predicted molar refractivity (Wildman–Crippen MR) is 114 cm³/mol. The normalized spacial score (nSPS) is 12.6. The molecule has 0 aliphatic carbocycles. The molecule has 2 aromatic carbocycles. The maximum atomic E-state index is 12.7. The van der Waals surface area contributed by atoms with Gasteiger partial charge in [0.25, 0.3) is 5.91 Å². The van der Waals surface area contributed by atoms with Gasteiger partial charge in [-0.05, 0) is 37.9 Å². The minimum atomic E-state index is -0.403. The molecule has 0 saturated heterocycles. The highest BCUT2D eigenvalue weighted by molar-refractivity contribution is 5.93. The molecular formula is C23H23N3O3. The van der Waals surface area contributed by atoms with Crippen molar-refractivity contribution in [2.75, 3.05) is 20.6 Å². The number of rotatable bonds is 5. The molecular weight excluding hydrogens is 366 g/mol. The van der Waals surface area contributed by atoms with Crippen molar-refractivity contribution < 1.29 is 9.21 Å². The van der Waals surface area contributed by atoms with Crippen molar-refractivity contribution in [2.24, 2.45) is 7.05 Å². The van der Waals surface area contributed by atoms with Crippen LogP contribution >= 0.6 is 0 Å². The Hall–Kier alpha value is -3.38. The second kappa shape index (κ2) is 7.56. The summed E-state index contributed by atoms with van der Waals surface area (Å²) in [6, 6.07) is 16.3. The van der Waals surface area contributed by atoms with Gasteiger partial charge in [-0.15, -0.1) is 0 Å². The Labute approximate surface area is 168 Å². The van der Waals surface area contributed by atoms with Crippen LogP contribution in [0.1, 0.15) is 22.2 Å². The highest BCUT2D eigenvalue weighted by Crippen LogP contribution is 2.28. The van der Waals surface area contributed by atoms with Crippen molar-refractivity contribution in [3.63, 3.8) is 0 Å².